The first kappa shape index (κ1) is 56.2. The number of nitrogens with zero attached hydrogens (tertiary/aromatic N) is 6. The zero-order valence-electron chi connectivity index (χ0n) is 55.4. The molecule has 13 aromatic carbocycles. The fraction of sp³-hybridized carbons (Fsp3) is 0.133. The minimum Gasteiger partial charge on any atom is -0.310 e. The van der Waals surface area contributed by atoms with E-state index in [2.05, 4.69) is 375 Å². The van der Waals surface area contributed by atoms with Crippen LogP contribution < -0.4 is 19.6 Å². The molecule has 6 heteroatoms. The molecule has 0 atom stereocenters. The van der Waals surface area contributed by atoms with Crippen molar-refractivity contribution in [3.63, 3.8) is 0 Å². The Bertz CT molecular complexity index is 4910. The molecule has 0 saturated carbocycles. The maximum atomic E-state index is 2.51. The summed E-state index contributed by atoms with van der Waals surface area (Å²) < 4.78 is 5.02. The molecule has 462 valence electrons. The molecule has 2 aromatic heterocycles. The number of fused-ring (bicyclic) bond motifs is 14. The minimum absolute atomic E-state index is 0.188. The predicted octanol–water partition coefficient (Wildman–Crippen LogP) is 24.3. The van der Waals surface area contributed by atoms with Crippen molar-refractivity contribution >= 4 is 112 Å². The fourth-order valence-electron chi connectivity index (χ4n) is 17.7. The van der Waals surface area contributed by atoms with E-state index < -0.39 is 0 Å². The van der Waals surface area contributed by atoms with Crippen molar-refractivity contribution in [2.24, 2.45) is 0 Å². The molecule has 6 nitrogen and oxygen atoms in total. The van der Waals surface area contributed by atoms with Gasteiger partial charge in [-0.05, 0) is 184 Å². The summed E-state index contributed by atoms with van der Waals surface area (Å²) in [5, 5.41) is 4.72. The highest BCUT2D eigenvalue weighted by atomic mass is 15.2. The lowest BCUT2D eigenvalue weighted by atomic mass is 9.73. The van der Waals surface area contributed by atoms with E-state index in [1.54, 1.807) is 0 Å². The molecule has 0 spiro atoms. The van der Waals surface area contributed by atoms with Gasteiger partial charge in [-0.2, -0.15) is 0 Å². The molecular formula is C90H72N6. The van der Waals surface area contributed by atoms with Gasteiger partial charge in [-0.25, -0.2) is 0 Å². The second kappa shape index (κ2) is 20.1. The number of para-hydroxylation sites is 8. The van der Waals surface area contributed by atoms with Gasteiger partial charge in [0, 0.05) is 77.3 Å². The standard InChI is InChI=1S/C90H72N6/c1-87(2)67-28-9-17-36-79(67)93(80-37-18-10-29-68(80)87)59-44-48-75-63(53-59)64-54-60(94-81-38-19-11-30-69(81)88(3,4)70-31-12-20-39-82(70)94)45-49-76(64)91(75)57-26-25-27-58(52-57)92-77-50-46-61(95-83-40-21-13-32-71(83)89(5,6)72-33-14-22-41-84(72)95)55-65(77)66-56-62(47-51-78(66)92)96-85-42-23-15-34-73(85)90(7,8)74-35-16-24-43-86(74)96/h9-56H,1-8H3. The molecule has 4 aliphatic heterocycles. The molecule has 15 aromatic rings. The number of rotatable bonds is 6. The van der Waals surface area contributed by atoms with Crippen LogP contribution in [0.15, 0.2) is 291 Å². The topological polar surface area (TPSA) is 22.8 Å². The summed E-state index contributed by atoms with van der Waals surface area (Å²) >= 11 is 0. The van der Waals surface area contributed by atoms with Crippen molar-refractivity contribution < 1.29 is 0 Å². The smallest absolute Gasteiger partial charge is 0.0542 e. The Morgan fingerprint density at radius 3 is 0.562 bits per heavy atom. The summed E-state index contributed by atoms with van der Waals surface area (Å²) in [7, 11) is 0. The minimum atomic E-state index is -0.188. The average molecular weight is 1240 g/mol. The third-order valence-electron chi connectivity index (χ3n) is 22.4. The Balaban J connectivity index is 0.836. The van der Waals surface area contributed by atoms with Crippen LogP contribution in [0.3, 0.4) is 0 Å². The quantitative estimate of drug-likeness (QED) is 0.165. The molecule has 19 rings (SSSR count). The van der Waals surface area contributed by atoms with Gasteiger partial charge in [0.15, 0.2) is 0 Å². The molecule has 0 N–H and O–H groups in total. The Morgan fingerprint density at radius 1 is 0.177 bits per heavy atom. The van der Waals surface area contributed by atoms with E-state index in [-0.39, 0.29) is 21.7 Å². The van der Waals surface area contributed by atoms with E-state index in [1.165, 1.54) is 112 Å². The Kier molecular flexibility index (Phi) is 11.8. The van der Waals surface area contributed by atoms with Crippen LogP contribution in [-0.2, 0) is 21.7 Å². The van der Waals surface area contributed by atoms with Crippen LogP contribution in [0, 0.1) is 0 Å². The lowest BCUT2D eigenvalue weighted by Crippen LogP contribution is -2.30. The summed E-state index contributed by atoms with van der Waals surface area (Å²) in [6.07, 6.45) is 0. The van der Waals surface area contributed by atoms with E-state index in [0.29, 0.717) is 0 Å². The van der Waals surface area contributed by atoms with Crippen molar-refractivity contribution in [1.29, 1.82) is 0 Å². The van der Waals surface area contributed by atoms with Gasteiger partial charge < -0.3 is 28.7 Å². The van der Waals surface area contributed by atoms with Crippen LogP contribution in [0.4, 0.5) is 68.2 Å². The molecule has 0 radical (unpaired) electrons. The first-order valence-electron chi connectivity index (χ1n) is 33.9. The summed E-state index contributed by atoms with van der Waals surface area (Å²) in [4.78, 5) is 9.98. The number of hydrogen-bond donors (Lipinski definition) is 0. The van der Waals surface area contributed by atoms with Crippen molar-refractivity contribution in [1.82, 2.24) is 9.13 Å². The number of anilines is 12. The molecular weight excluding hydrogens is 1170 g/mol. The van der Waals surface area contributed by atoms with E-state index >= 15 is 0 Å². The normalized spacial score (nSPS) is 15.8. The van der Waals surface area contributed by atoms with Crippen LogP contribution >= 0.6 is 0 Å². The zero-order chi connectivity index (χ0) is 64.7. The van der Waals surface area contributed by atoms with Gasteiger partial charge >= 0.3 is 0 Å². The molecule has 0 amide bonds. The highest BCUT2D eigenvalue weighted by Crippen LogP contribution is 2.58. The summed E-state index contributed by atoms with van der Waals surface area (Å²) in [6.45, 7) is 18.9. The monoisotopic (exact) mass is 1240 g/mol. The Morgan fingerprint density at radius 2 is 0.365 bits per heavy atom. The predicted molar refractivity (Wildman–Crippen MR) is 402 cm³/mol. The van der Waals surface area contributed by atoms with Crippen LogP contribution in [0.2, 0.25) is 0 Å². The Labute approximate surface area is 561 Å². The van der Waals surface area contributed by atoms with E-state index in [9.17, 15) is 0 Å². The molecule has 96 heavy (non-hydrogen) atoms. The number of aromatic nitrogens is 2. The van der Waals surface area contributed by atoms with Crippen LogP contribution in [0.5, 0.6) is 0 Å². The SMILES string of the molecule is CC1(C)c2ccccc2N(c2ccc3c(c2)c2cc(N4c5ccccc5C(C)(C)c5ccccc54)ccc2n3-c2cccc(-n3c4ccc(N5c6ccccc6C(C)(C)c6ccccc65)cc4c4cc(N5c6ccccc6C(C)(C)c6ccccc65)ccc43)c2)c2ccccc21. The highest BCUT2D eigenvalue weighted by molar-refractivity contribution is 6.14. The van der Waals surface area contributed by atoms with Crippen LogP contribution in [-0.4, -0.2) is 9.13 Å². The molecule has 0 unspecified atom stereocenters. The van der Waals surface area contributed by atoms with E-state index in [4.69, 9.17) is 0 Å². The van der Waals surface area contributed by atoms with E-state index in [1.807, 2.05) is 0 Å². The van der Waals surface area contributed by atoms with Gasteiger partial charge in [0.1, 0.15) is 0 Å². The second-order valence-corrected chi connectivity index (χ2v) is 29.0. The third kappa shape index (κ3) is 7.75. The highest BCUT2D eigenvalue weighted by Gasteiger charge is 2.41. The van der Waals surface area contributed by atoms with Gasteiger partial charge in [0.2, 0.25) is 0 Å². The van der Waals surface area contributed by atoms with Gasteiger partial charge in [0.05, 0.1) is 67.6 Å². The van der Waals surface area contributed by atoms with Crippen molar-refractivity contribution in [2.45, 2.75) is 77.0 Å². The van der Waals surface area contributed by atoms with Crippen molar-refractivity contribution in [3.05, 3.63) is 336 Å². The third-order valence-corrected chi connectivity index (χ3v) is 22.4. The van der Waals surface area contributed by atoms with Crippen LogP contribution in [0.1, 0.15) is 99.9 Å². The lowest BCUT2D eigenvalue weighted by Gasteiger charge is -2.42. The van der Waals surface area contributed by atoms with Crippen molar-refractivity contribution in [2.75, 3.05) is 19.6 Å². The maximum Gasteiger partial charge on any atom is 0.0542 e. The maximum absolute atomic E-state index is 2.51. The zero-order valence-corrected chi connectivity index (χ0v) is 55.4. The molecule has 6 heterocycles. The number of benzene rings is 13. The summed E-state index contributed by atoms with van der Waals surface area (Å²) in [5.41, 5.74) is 30.6. The summed E-state index contributed by atoms with van der Waals surface area (Å²) in [6, 6.07) is 110. The van der Waals surface area contributed by atoms with Crippen molar-refractivity contribution in [3.8, 4) is 11.4 Å². The van der Waals surface area contributed by atoms with Gasteiger partial charge in [-0.3, -0.25) is 0 Å². The first-order chi connectivity index (χ1) is 46.7. The number of hydrogen-bond acceptors (Lipinski definition) is 4. The van der Waals surface area contributed by atoms with E-state index in [0.717, 1.165) is 56.2 Å². The summed E-state index contributed by atoms with van der Waals surface area (Å²) in [5.74, 6) is 0. The fourth-order valence-corrected chi connectivity index (χ4v) is 17.7. The largest absolute Gasteiger partial charge is 0.310 e. The average Bonchev–Trinajstić information content (AvgIpc) is 1.05. The lowest BCUT2D eigenvalue weighted by molar-refractivity contribution is 0.632. The first-order valence-corrected chi connectivity index (χ1v) is 33.9. The molecule has 0 aliphatic carbocycles. The van der Waals surface area contributed by atoms with Crippen LogP contribution in [0.25, 0.3) is 55.0 Å². The van der Waals surface area contributed by atoms with Gasteiger partial charge in [-0.15, -0.1) is 0 Å². The molecule has 0 saturated heterocycles. The second-order valence-electron chi connectivity index (χ2n) is 29.0. The molecule has 0 bridgehead atoms. The molecule has 4 aliphatic rings. The van der Waals surface area contributed by atoms with Gasteiger partial charge in [0.25, 0.3) is 0 Å². The Hall–Kier alpha value is -11.3. The molecule has 0 fully saturated rings. The van der Waals surface area contributed by atoms with Gasteiger partial charge in [-0.1, -0.05) is 207 Å².